The van der Waals surface area contributed by atoms with Crippen molar-refractivity contribution in [2.45, 2.75) is 12.8 Å². The number of nitrogens with two attached hydrogens (primary N) is 1. The number of rotatable bonds is 4. The standard InChI is InChI=1S/C15H17NO/c1-12(11-17-16)13-7-9-15(10-8-13)14-5-3-2-4-6-14/h2-10,12H,11,16H2,1H3. The molecular weight excluding hydrogens is 210 g/mol. The third-order valence-electron chi connectivity index (χ3n) is 2.93. The van der Waals surface area contributed by atoms with Crippen molar-refractivity contribution in [3.8, 4) is 11.1 Å². The monoisotopic (exact) mass is 227 g/mol. The Morgan fingerprint density at radius 3 is 2.12 bits per heavy atom. The molecule has 0 aromatic heterocycles. The van der Waals surface area contributed by atoms with Crippen molar-refractivity contribution in [3.63, 3.8) is 0 Å². The van der Waals surface area contributed by atoms with Crippen molar-refractivity contribution < 1.29 is 4.84 Å². The van der Waals surface area contributed by atoms with Gasteiger partial charge in [0.05, 0.1) is 6.61 Å². The van der Waals surface area contributed by atoms with E-state index in [1.165, 1.54) is 16.7 Å². The van der Waals surface area contributed by atoms with E-state index in [0.717, 1.165) is 0 Å². The quantitative estimate of drug-likeness (QED) is 0.813. The van der Waals surface area contributed by atoms with Gasteiger partial charge >= 0.3 is 0 Å². The fourth-order valence-electron chi connectivity index (χ4n) is 1.88. The molecular formula is C15H17NO. The molecule has 0 spiro atoms. The Bertz CT molecular complexity index is 450. The largest absolute Gasteiger partial charge is 0.304 e. The molecule has 0 aliphatic heterocycles. The van der Waals surface area contributed by atoms with E-state index in [4.69, 9.17) is 5.90 Å². The maximum Gasteiger partial charge on any atom is 0.0745 e. The lowest BCUT2D eigenvalue weighted by atomic mass is 9.98. The summed E-state index contributed by atoms with van der Waals surface area (Å²) in [4.78, 5) is 4.67. The molecule has 0 fully saturated rings. The van der Waals surface area contributed by atoms with Gasteiger partial charge in [-0.25, -0.2) is 5.90 Å². The molecule has 2 nitrogen and oxygen atoms in total. The van der Waals surface area contributed by atoms with E-state index in [-0.39, 0.29) is 0 Å². The topological polar surface area (TPSA) is 35.2 Å². The van der Waals surface area contributed by atoms with Crippen LogP contribution in [-0.2, 0) is 4.84 Å². The first kappa shape index (κ1) is 11.8. The highest BCUT2D eigenvalue weighted by molar-refractivity contribution is 5.63. The van der Waals surface area contributed by atoms with Gasteiger partial charge < -0.3 is 4.84 Å². The van der Waals surface area contributed by atoms with Crippen LogP contribution in [0.4, 0.5) is 0 Å². The molecule has 2 rings (SSSR count). The van der Waals surface area contributed by atoms with Gasteiger partial charge in [0.25, 0.3) is 0 Å². The molecule has 2 N–H and O–H groups in total. The molecule has 88 valence electrons. The van der Waals surface area contributed by atoms with Gasteiger partial charge in [0.15, 0.2) is 0 Å². The second-order valence-corrected chi connectivity index (χ2v) is 4.22. The lowest BCUT2D eigenvalue weighted by Gasteiger charge is -2.10. The Labute approximate surface area is 102 Å². The second kappa shape index (κ2) is 5.62. The Morgan fingerprint density at radius 2 is 1.53 bits per heavy atom. The zero-order valence-corrected chi connectivity index (χ0v) is 9.97. The number of hydrogen-bond donors (Lipinski definition) is 1. The van der Waals surface area contributed by atoms with E-state index in [1.54, 1.807) is 0 Å². The average Bonchev–Trinajstić information content (AvgIpc) is 2.40. The third-order valence-corrected chi connectivity index (χ3v) is 2.93. The van der Waals surface area contributed by atoms with Crippen molar-refractivity contribution in [2.75, 3.05) is 6.61 Å². The van der Waals surface area contributed by atoms with Crippen LogP contribution in [0.25, 0.3) is 11.1 Å². The van der Waals surface area contributed by atoms with E-state index >= 15 is 0 Å². The van der Waals surface area contributed by atoms with Crippen molar-refractivity contribution in [3.05, 3.63) is 60.2 Å². The van der Waals surface area contributed by atoms with Gasteiger partial charge in [0, 0.05) is 5.92 Å². The number of hydrogen-bond acceptors (Lipinski definition) is 2. The molecule has 0 saturated heterocycles. The van der Waals surface area contributed by atoms with Crippen LogP contribution in [0.3, 0.4) is 0 Å². The fourth-order valence-corrected chi connectivity index (χ4v) is 1.88. The molecule has 0 bridgehead atoms. The molecule has 2 aromatic rings. The number of benzene rings is 2. The molecule has 0 amide bonds. The molecule has 1 atom stereocenters. The smallest absolute Gasteiger partial charge is 0.0745 e. The van der Waals surface area contributed by atoms with E-state index in [9.17, 15) is 0 Å². The summed E-state index contributed by atoms with van der Waals surface area (Å²) >= 11 is 0. The molecule has 0 radical (unpaired) electrons. The Balaban J connectivity index is 2.19. The summed E-state index contributed by atoms with van der Waals surface area (Å²) in [5.41, 5.74) is 3.71. The van der Waals surface area contributed by atoms with E-state index in [0.29, 0.717) is 12.5 Å². The summed E-state index contributed by atoms with van der Waals surface area (Å²) < 4.78 is 0. The van der Waals surface area contributed by atoms with Gasteiger partial charge in [-0.2, -0.15) is 0 Å². The zero-order valence-electron chi connectivity index (χ0n) is 9.97. The average molecular weight is 227 g/mol. The summed E-state index contributed by atoms with van der Waals surface area (Å²) in [6.07, 6.45) is 0. The molecule has 0 aliphatic carbocycles. The molecule has 0 aliphatic rings. The molecule has 2 aromatic carbocycles. The first-order valence-electron chi connectivity index (χ1n) is 5.78. The summed E-state index contributed by atoms with van der Waals surface area (Å²) in [6, 6.07) is 18.9. The summed E-state index contributed by atoms with van der Waals surface area (Å²) in [6.45, 7) is 2.65. The zero-order chi connectivity index (χ0) is 12.1. The first-order valence-corrected chi connectivity index (χ1v) is 5.78. The maximum atomic E-state index is 5.09. The van der Waals surface area contributed by atoms with Crippen LogP contribution >= 0.6 is 0 Å². The SMILES string of the molecule is CC(CON)c1ccc(-c2ccccc2)cc1. The molecule has 0 heterocycles. The van der Waals surface area contributed by atoms with Gasteiger partial charge in [0.1, 0.15) is 0 Å². The molecule has 0 saturated carbocycles. The summed E-state index contributed by atoms with van der Waals surface area (Å²) in [5.74, 6) is 5.41. The van der Waals surface area contributed by atoms with Crippen LogP contribution in [0.2, 0.25) is 0 Å². The van der Waals surface area contributed by atoms with E-state index in [2.05, 4.69) is 48.2 Å². The van der Waals surface area contributed by atoms with Gasteiger partial charge in [-0.1, -0.05) is 61.5 Å². The van der Waals surface area contributed by atoms with E-state index < -0.39 is 0 Å². The molecule has 2 heteroatoms. The summed E-state index contributed by atoms with van der Waals surface area (Å²) in [7, 11) is 0. The predicted molar refractivity (Wildman–Crippen MR) is 70.4 cm³/mol. The molecule has 1 unspecified atom stereocenters. The maximum absolute atomic E-state index is 5.09. The van der Waals surface area contributed by atoms with Crippen LogP contribution in [0, 0.1) is 0 Å². The Kier molecular flexibility index (Phi) is 3.91. The lowest BCUT2D eigenvalue weighted by molar-refractivity contribution is 0.126. The first-order chi connectivity index (χ1) is 8.31. The fraction of sp³-hybridized carbons (Fsp3) is 0.200. The molecule has 17 heavy (non-hydrogen) atoms. The predicted octanol–water partition coefficient (Wildman–Crippen LogP) is 3.35. The van der Waals surface area contributed by atoms with Gasteiger partial charge in [-0.15, -0.1) is 0 Å². The van der Waals surface area contributed by atoms with Crippen LogP contribution in [0.15, 0.2) is 54.6 Å². The van der Waals surface area contributed by atoms with Crippen molar-refractivity contribution in [2.24, 2.45) is 5.90 Å². The highest BCUT2D eigenvalue weighted by Crippen LogP contribution is 2.22. The van der Waals surface area contributed by atoms with Crippen molar-refractivity contribution in [1.82, 2.24) is 0 Å². The minimum absolute atomic E-state index is 0.324. The second-order valence-electron chi connectivity index (χ2n) is 4.22. The van der Waals surface area contributed by atoms with Crippen LogP contribution in [0.1, 0.15) is 18.4 Å². The highest BCUT2D eigenvalue weighted by atomic mass is 16.6. The van der Waals surface area contributed by atoms with Crippen LogP contribution in [-0.4, -0.2) is 6.61 Å². The van der Waals surface area contributed by atoms with Gasteiger partial charge in [0.2, 0.25) is 0 Å². The summed E-state index contributed by atoms with van der Waals surface area (Å²) in [5, 5.41) is 0. The van der Waals surface area contributed by atoms with E-state index in [1.807, 2.05) is 18.2 Å². The normalized spacial score (nSPS) is 12.4. The van der Waals surface area contributed by atoms with Crippen LogP contribution in [0.5, 0.6) is 0 Å². The van der Waals surface area contributed by atoms with Crippen molar-refractivity contribution >= 4 is 0 Å². The lowest BCUT2D eigenvalue weighted by Crippen LogP contribution is -2.08. The minimum atomic E-state index is 0.324. The van der Waals surface area contributed by atoms with Crippen LogP contribution < -0.4 is 5.90 Å². The highest BCUT2D eigenvalue weighted by Gasteiger charge is 2.05. The van der Waals surface area contributed by atoms with Gasteiger partial charge in [-0.3, -0.25) is 0 Å². The Hall–Kier alpha value is -1.64. The van der Waals surface area contributed by atoms with Gasteiger partial charge in [-0.05, 0) is 16.7 Å². The Morgan fingerprint density at radius 1 is 0.941 bits per heavy atom. The third kappa shape index (κ3) is 2.93. The minimum Gasteiger partial charge on any atom is -0.304 e. The van der Waals surface area contributed by atoms with Crippen molar-refractivity contribution in [1.29, 1.82) is 0 Å².